The van der Waals surface area contributed by atoms with Gasteiger partial charge in [-0.05, 0) is 36.4 Å². The minimum Gasteiger partial charge on any atom is -0.497 e. The van der Waals surface area contributed by atoms with Gasteiger partial charge in [0.15, 0.2) is 11.5 Å². The van der Waals surface area contributed by atoms with E-state index in [2.05, 4.69) is 17.1 Å². The number of benzene rings is 3. The van der Waals surface area contributed by atoms with Crippen molar-refractivity contribution in [3.63, 3.8) is 0 Å². The van der Waals surface area contributed by atoms with Gasteiger partial charge in [-0.25, -0.2) is 5.01 Å². The number of methoxy groups -OCH3 is 3. The van der Waals surface area contributed by atoms with Crippen LogP contribution in [-0.2, 0) is 0 Å². The van der Waals surface area contributed by atoms with E-state index >= 15 is 0 Å². The SMILES string of the molecule is COc1cccc(C2=NN3C(C2)c2ccccc2OC3c2ccc(OC)c(OC)c2)c1. The molecule has 31 heavy (non-hydrogen) atoms. The van der Waals surface area contributed by atoms with Crippen molar-refractivity contribution in [1.82, 2.24) is 5.01 Å². The summed E-state index contributed by atoms with van der Waals surface area (Å²) in [5.74, 6) is 3.04. The van der Waals surface area contributed by atoms with Gasteiger partial charge in [0.05, 0.1) is 33.1 Å². The largest absolute Gasteiger partial charge is 0.497 e. The van der Waals surface area contributed by atoms with Crippen molar-refractivity contribution in [3.8, 4) is 23.0 Å². The zero-order valence-corrected chi connectivity index (χ0v) is 17.7. The lowest BCUT2D eigenvalue weighted by Gasteiger charge is -2.38. The lowest BCUT2D eigenvalue weighted by atomic mass is 9.96. The number of ether oxygens (including phenoxy) is 4. The van der Waals surface area contributed by atoms with Gasteiger partial charge in [-0.3, -0.25) is 0 Å². The van der Waals surface area contributed by atoms with Gasteiger partial charge in [0.25, 0.3) is 0 Å². The Balaban J connectivity index is 1.58. The standard InChI is InChI=1S/C25H24N2O4/c1-28-18-8-6-7-16(13-18)20-15-21-19-9-4-5-10-22(19)31-25(27(21)26-20)17-11-12-23(29-2)24(14-17)30-3/h4-14,21,25H,15H2,1-3H3. The molecule has 0 aromatic heterocycles. The van der Waals surface area contributed by atoms with Crippen molar-refractivity contribution < 1.29 is 18.9 Å². The van der Waals surface area contributed by atoms with Gasteiger partial charge < -0.3 is 18.9 Å². The van der Waals surface area contributed by atoms with Crippen LogP contribution in [-0.4, -0.2) is 32.0 Å². The molecule has 0 bridgehead atoms. The van der Waals surface area contributed by atoms with Crippen LogP contribution in [0.5, 0.6) is 23.0 Å². The minimum atomic E-state index is -0.372. The highest BCUT2D eigenvalue weighted by molar-refractivity contribution is 6.02. The third-order valence-corrected chi connectivity index (χ3v) is 5.79. The monoisotopic (exact) mass is 416 g/mol. The molecule has 2 aliphatic heterocycles. The van der Waals surface area contributed by atoms with Crippen molar-refractivity contribution in [2.24, 2.45) is 5.10 Å². The van der Waals surface area contributed by atoms with Crippen LogP contribution in [0.1, 0.15) is 35.4 Å². The van der Waals surface area contributed by atoms with Crippen molar-refractivity contribution in [2.45, 2.75) is 18.7 Å². The van der Waals surface area contributed by atoms with Crippen LogP contribution in [0.2, 0.25) is 0 Å². The van der Waals surface area contributed by atoms with Crippen molar-refractivity contribution in [2.75, 3.05) is 21.3 Å². The van der Waals surface area contributed by atoms with Crippen molar-refractivity contribution in [3.05, 3.63) is 83.4 Å². The Bertz CT molecular complexity index is 1140. The summed E-state index contributed by atoms with van der Waals surface area (Å²) in [4.78, 5) is 0. The molecule has 6 nitrogen and oxygen atoms in total. The molecule has 2 atom stereocenters. The van der Waals surface area contributed by atoms with Crippen molar-refractivity contribution in [1.29, 1.82) is 0 Å². The summed E-state index contributed by atoms with van der Waals surface area (Å²) in [7, 11) is 4.94. The minimum absolute atomic E-state index is 0.0873. The lowest BCUT2D eigenvalue weighted by molar-refractivity contribution is -0.0191. The van der Waals surface area contributed by atoms with E-state index in [1.165, 1.54) is 0 Å². The fourth-order valence-corrected chi connectivity index (χ4v) is 4.24. The first-order valence-corrected chi connectivity index (χ1v) is 10.2. The summed E-state index contributed by atoms with van der Waals surface area (Å²) < 4.78 is 22.8. The lowest BCUT2D eigenvalue weighted by Crippen LogP contribution is -2.33. The molecule has 0 saturated heterocycles. The quantitative estimate of drug-likeness (QED) is 0.589. The van der Waals surface area contributed by atoms with Gasteiger partial charge in [0.2, 0.25) is 6.23 Å². The van der Waals surface area contributed by atoms with Crippen LogP contribution in [0, 0.1) is 0 Å². The summed E-state index contributed by atoms with van der Waals surface area (Å²) in [6.07, 6.45) is 0.417. The number of rotatable bonds is 5. The maximum atomic E-state index is 6.43. The Hall–Kier alpha value is -3.67. The molecule has 0 radical (unpaired) electrons. The third-order valence-electron chi connectivity index (χ3n) is 5.79. The molecule has 3 aromatic carbocycles. The number of hydrazone groups is 1. The van der Waals surface area contributed by atoms with E-state index in [-0.39, 0.29) is 12.3 Å². The molecule has 0 amide bonds. The molecule has 0 spiro atoms. The van der Waals surface area contributed by atoms with E-state index in [4.69, 9.17) is 24.0 Å². The van der Waals surface area contributed by atoms with E-state index in [0.717, 1.165) is 40.3 Å². The van der Waals surface area contributed by atoms with Crippen LogP contribution in [0.3, 0.4) is 0 Å². The summed E-state index contributed by atoms with van der Waals surface area (Å²) in [6.45, 7) is 0. The smallest absolute Gasteiger partial charge is 0.214 e. The van der Waals surface area contributed by atoms with Gasteiger partial charge in [-0.2, -0.15) is 5.10 Å². The second-order valence-corrected chi connectivity index (χ2v) is 7.50. The first kappa shape index (κ1) is 19.3. The van der Waals surface area contributed by atoms with E-state index in [1.807, 2.05) is 54.6 Å². The number of fused-ring (bicyclic) bond motifs is 3. The zero-order valence-electron chi connectivity index (χ0n) is 17.7. The van der Waals surface area contributed by atoms with Crippen LogP contribution < -0.4 is 18.9 Å². The fraction of sp³-hybridized carbons (Fsp3) is 0.240. The highest BCUT2D eigenvalue weighted by Crippen LogP contribution is 2.48. The van der Waals surface area contributed by atoms with E-state index < -0.39 is 0 Å². The molecule has 6 heteroatoms. The summed E-state index contributed by atoms with van der Waals surface area (Å²) in [6, 6.07) is 22.1. The summed E-state index contributed by atoms with van der Waals surface area (Å²) in [5, 5.41) is 7.06. The number of nitrogens with zero attached hydrogens (tertiary/aromatic N) is 2. The Morgan fingerprint density at radius 2 is 1.71 bits per heavy atom. The molecular weight excluding hydrogens is 392 g/mol. The molecular formula is C25H24N2O4. The van der Waals surface area contributed by atoms with E-state index in [9.17, 15) is 0 Å². The van der Waals surface area contributed by atoms with Crippen LogP contribution in [0.4, 0.5) is 0 Å². The molecule has 2 aliphatic rings. The average Bonchev–Trinajstić information content (AvgIpc) is 3.29. The van der Waals surface area contributed by atoms with Crippen molar-refractivity contribution >= 4 is 5.71 Å². The molecule has 0 saturated carbocycles. The maximum Gasteiger partial charge on any atom is 0.214 e. The van der Waals surface area contributed by atoms with Gasteiger partial charge in [-0.1, -0.05) is 30.3 Å². The van der Waals surface area contributed by atoms with Gasteiger partial charge in [0.1, 0.15) is 11.5 Å². The Kier molecular flexibility index (Phi) is 4.90. The first-order valence-electron chi connectivity index (χ1n) is 10.2. The topological polar surface area (TPSA) is 52.5 Å². The molecule has 158 valence electrons. The molecule has 0 fully saturated rings. The molecule has 3 aromatic rings. The second kappa shape index (κ2) is 7.87. The number of hydrogen-bond acceptors (Lipinski definition) is 6. The van der Waals surface area contributed by atoms with Crippen LogP contribution in [0.15, 0.2) is 71.8 Å². The van der Waals surface area contributed by atoms with Crippen LogP contribution in [0.25, 0.3) is 0 Å². The molecule has 0 aliphatic carbocycles. The summed E-state index contributed by atoms with van der Waals surface area (Å²) in [5.41, 5.74) is 4.15. The van der Waals surface area contributed by atoms with Gasteiger partial charge in [-0.15, -0.1) is 0 Å². The Labute approximate surface area is 181 Å². The number of para-hydroxylation sites is 1. The fourth-order valence-electron chi connectivity index (χ4n) is 4.24. The second-order valence-electron chi connectivity index (χ2n) is 7.50. The Morgan fingerprint density at radius 1 is 0.871 bits per heavy atom. The predicted molar refractivity (Wildman–Crippen MR) is 118 cm³/mol. The highest BCUT2D eigenvalue weighted by Gasteiger charge is 2.41. The Morgan fingerprint density at radius 3 is 2.52 bits per heavy atom. The normalized spacial score (nSPS) is 19.1. The molecule has 2 heterocycles. The molecule has 0 N–H and O–H groups in total. The molecule has 2 unspecified atom stereocenters. The summed E-state index contributed by atoms with van der Waals surface area (Å²) >= 11 is 0. The van der Waals surface area contributed by atoms with Gasteiger partial charge in [0, 0.05) is 23.1 Å². The van der Waals surface area contributed by atoms with E-state index in [1.54, 1.807) is 21.3 Å². The zero-order chi connectivity index (χ0) is 21.4. The third kappa shape index (κ3) is 3.34. The van der Waals surface area contributed by atoms with Crippen LogP contribution >= 0.6 is 0 Å². The first-order chi connectivity index (χ1) is 15.2. The predicted octanol–water partition coefficient (Wildman–Crippen LogP) is 4.95. The van der Waals surface area contributed by atoms with E-state index in [0.29, 0.717) is 11.5 Å². The van der Waals surface area contributed by atoms with Gasteiger partial charge >= 0.3 is 0 Å². The number of hydrogen-bond donors (Lipinski definition) is 0. The maximum absolute atomic E-state index is 6.43. The molecule has 5 rings (SSSR count). The highest BCUT2D eigenvalue weighted by atomic mass is 16.5. The average molecular weight is 416 g/mol.